The van der Waals surface area contributed by atoms with Gasteiger partial charge in [0.1, 0.15) is 10.6 Å². The summed E-state index contributed by atoms with van der Waals surface area (Å²) in [6, 6.07) is 9.80. The van der Waals surface area contributed by atoms with E-state index in [0.29, 0.717) is 5.56 Å². The highest BCUT2D eigenvalue weighted by Gasteiger charge is 2.26. The second-order valence-corrected chi connectivity index (χ2v) is 10.0. The Labute approximate surface area is 174 Å². The smallest absolute Gasteiger partial charge is 0.247 e. The molecule has 0 aliphatic rings. The van der Waals surface area contributed by atoms with E-state index in [-0.39, 0.29) is 27.1 Å². The van der Waals surface area contributed by atoms with Crippen molar-refractivity contribution in [1.29, 1.82) is 0 Å². The van der Waals surface area contributed by atoms with Crippen LogP contribution in [0.1, 0.15) is 5.56 Å². The summed E-state index contributed by atoms with van der Waals surface area (Å²) in [6.07, 6.45) is 0. The van der Waals surface area contributed by atoms with Gasteiger partial charge in [0.15, 0.2) is 0 Å². The number of nitrogens with one attached hydrogen (secondary N) is 1. The molecule has 2 aromatic carbocycles. The normalized spacial score (nSPS) is 12.0. The molecule has 0 unspecified atom stereocenters. The van der Waals surface area contributed by atoms with Crippen LogP contribution in [0.5, 0.6) is 5.75 Å². The van der Waals surface area contributed by atoms with E-state index in [2.05, 4.69) is 5.32 Å². The van der Waals surface area contributed by atoms with Crippen molar-refractivity contribution in [1.82, 2.24) is 9.62 Å². The summed E-state index contributed by atoms with van der Waals surface area (Å²) < 4.78 is 53.9. The molecule has 0 aliphatic carbocycles. The number of amides is 1. The minimum atomic E-state index is -4.02. The van der Waals surface area contributed by atoms with Gasteiger partial charge in [-0.1, -0.05) is 23.7 Å². The molecule has 12 heteroatoms. The lowest BCUT2D eigenvalue weighted by molar-refractivity contribution is -0.121. The first-order valence-corrected chi connectivity index (χ1v) is 11.5. The SMILES string of the molecule is COc1ccc(Cl)cc1S(=O)(=O)N(C)CC(=O)NCc1ccc(S(N)(=O)=O)cc1. The minimum Gasteiger partial charge on any atom is -0.495 e. The molecule has 0 heterocycles. The van der Waals surface area contributed by atoms with Crippen molar-refractivity contribution in [3.63, 3.8) is 0 Å². The van der Waals surface area contributed by atoms with Gasteiger partial charge in [-0.2, -0.15) is 4.31 Å². The molecule has 2 rings (SSSR count). The lowest BCUT2D eigenvalue weighted by Gasteiger charge is -2.18. The molecule has 0 spiro atoms. The first-order valence-electron chi connectivity index (χ1n) is 8.13. The number of hydrogen-bond acceptors (Lipinski definition) is 6. The van der Waals surface area contributed by atoms with Crippen LogP contribution in [0.4, 0.5) is 0 Å². The molecule has 2 aromatic rings. The van der Waals surface area contributed by atoms with E-state index in [1.807, 2.05) is 0 Å². The maximum absolute atomic E-state index is 12.7. The van der Waals surface area contributed by atoms with Gasteiger partial charge in [-0.3, -0.25) is 4.79 Å². The zero-order valence-corrected chi connectivity index (χ0v) is 18.0. The number of nitrogens with two attached hydrogens (primary N) is 1. The van der Waals surface area contributed by atoms with Crippen LogP contribution in [0.15, 0.2) is 52.3 Å². The summed E-state index contributed by atoms with van der Waals surface area (Å²) in [6.45, 7) is -0.356. The summed E-state index contributed by atoms with van der Waals surface area (Å²) in [5.41, 5.74) is 0.618. The maximum Gasteiger partial charge on any atom is 0.247 e. The summed E-state index contributed by atoms with van der Waals surface area (Å²) in [5.74, 6) is -0.441. The average molecular weight is 462 g/mol. The first kappa shape index (κ1) is 23.1. The topological polar surface area (TPSA) is 136 Å². The van der Waals surface area contributed by atoms with E-state index in [4.69, 9.17) is 21.5 Å². The Balaban J connectivity index is 2.04. The third-order valence-electron chi connectivity index (χ3n) is 3.92. The van der Waals surface area contributed by atoms with Gasteiger partial charge in [-0.15, -0.1) is 0 Å². The third kappa shape index (κ3) is 5.90. The number of primary sulfonamides is 1. The van der Waals surface area contributed by atoms with Crippen molar-refractivity contribution >= 4 is 37.6 Å². The lowest BCUT2D eigenvalue weighted by atomic mass is 10.2. The van der Waals surface area contributed by atoms with Crippen molar-refractivity contribution in [3.8, 4) is 5.75 Å². The first-order chi connectivity index (χ1) is 13.4. The van der Waals surface area contributed by atoms with Crippen molar-refractivity contribution in [2.45, 2.75) is 16.3 Å². The van der Waals surface area contributed by atoms with Gasteiger partial charge in [0.25, 0.3) is 0 Å². The fourth-order valence-corrected chi connectivity index (χ4v) is 4.42. The van der Waals surface area contributed by atoms with Crippen molar-refractivity contribution < 1.29 is 26.4 Å². The van der Waals surface area contributed by atoms with Crippen LogP contribution in [0.3, 0.4) is 0 Å². The van der Waals surface area contributed by atoms with E-state index in [1.165, 1.54) is 56.6 Å². The fourth-order valence-electron chi connectivity index (χ4n) is 2.36. The molecule has 158 valence electrons. The largest absolute Gasteiger partial charge is 0.495 e. The molecule has 3 N–H and O–H groups in total. The predicted molar refractivity (Wildman–Crippen MR) is 107 cm³/mol. The molecule has 0 saturated carbocycles. The molecule has 0 radical (unpaired) electrons. The molecular formula is C17H20ClN3O6S2. The number of halogens is 1. The van der Waals surface area contributed by atoms with Crippen LogP contribution in [0, 0.1) is 0 Å². The summed E-state index contributed by atoms with van der Waals surface area (Å²) in [7, 11) is -5.23. The Morgan fingerprint density at radius 2 is 1.76 bits per heavy atom. The Kier molecular flexibility index (Phi) is 7.25. The summed E-state index contributed by atoms with van der Waals surface area (Å²) in [4.78, 5) is 12.0. The molecule has 0 bridgehead atoms. The van der Waals surface area contributed by atoms with Gasteiger partial charge in [0.2, 0.25) is 26.0 Å². The summed E-state index contributed by atoms with van der Waals surface area (Å²) >= 11 is 5.88. The van der Waals surface area contributed by atoms with Gasteiger partial charge >= 0.3 is 0 Å². The molecule has 0 aliphatic heterocycles. The molecule has 0 atom stereocenters. The number of hydrogen-bond donors (Lipinski definition) is 2. The second kappa shape index (κ2) is 9.09. The number of nitrogens with zero attached hydrogens (tertiary/aromatic N) is 1. The Morgan fingerprint density at radius 1 is 1.14 bits per heavy atom. The second-order valence-electron chi connectivity index (χ2n) is 6.02. The third-order valence-corrected chi connectivity index (χ3v) is 6.91. The highest BCUT2D eigenvalue weighted by atomic mass is 35.5. The van der Waals surface area contributed by atoms with E-state index in [9.17, 15) is 21.6 Å². The maximum atomic E-state index is 12.7. The zero-order valence-electron chi connectivity index (χ0n) is 15.6. The van der Waals surface area contributed by atoms with Gasteiger partial charge in [-0.25, -0.2) is 22.0 Å². The quantitative estimate of drug-likeness (QED) is 0.600. The number of sulfonamides is 2. The molecule has 29 heavy (non-hydrogen) atoms. The highest BCUT2D eigenvalue weighted by molar-refractivity contribution is 7.89. The molecule has 0 aromatic heterocycles. The number of likely N-dealkylation sites (N-methyl/N-ethyl adjacent to an activating group) is 1. The van der Waals surface area contributed by atoms with Crippen LogP contribution in [-0.4, -0.2) is 47.8 Å². The number of carbonyl (C=O) groups excluding carboxylic acids is 1. The number of rotatable bonds is 8. The van der Waals surface area contributed by atoms with E-state index < -0.39 is 32.5 Å². The fraction of sp³-hybridized carbons (Fsp3) is 0.235. The molecule has 0 fully saturated rings. The van der Waals surface area contributed by atoms with Crippen molar-refractivity contribution in [3.05, 3.63) is 53.1 Å². The Bertz CT molecular complexity index is 1100. The lowest BCUT2D eigenvalue weighted by Crippen LogP contribution is -2.38. The number of benzene rings is 2. The van der Waals surface area contributed by atoms with Gasteiger partial charge < -0.3 is 10.1 Å². The van der Waals surface area contributed by atoms with Crippen LogP contribution in [0.25, 0.3) is 0 Å². The van der Waals surface area contributed by atoms with Crippen molar-refractivity contribution in [2.24, 2.45) is 5.14 Å². The average Bonchev–Trinajstić information content (AvgIpc) is 2.65. The minimum absolute atomic E-state index is 0.0473. The number of methoxy groups -OCH3 is 1. The predicted octanol–water partition coefficient (Wildman–Crippen LogP) is 0.933. The van der Waals surface area contributed by atoms with Gasteiger partial charge in [0.05, 0.1) is 18.6 Å². The van der Waals surface area contributed by atoms with Gasteiger partial charge in [-0.05, 0) is 35.9 Å². The monoisotopic (exact) mass is 461 g/mol. The Morgan fingerprint density at radius 3 is 2.31 bits per heavy atom. The van der Waals surface area contributed by atoms with E-state index in [0.717, 1.165) is 4.31 Å². The highest BCUT2D eigenvalue weighted by Crippen LogP contribution is 2.29. The number of carbonyl (C=O) groups is 1. The standard InChI is InChI=1S/C17H20ClN3O6S2/c1-21(29(25,26)16-9-13(18)5-8-15(16)27-2)11-17(22)20-10-12-3-6-14(7-4-12)28(19,23)24/h3-9H,10-11H2,1-2H3,(H,20,22)(H2,19,23,24). The van der Waals surface area contributed by atoms with Crippen molar-refractivity contribution in [2.75, 3.05) is 20.7 Å². The number of ether oxygens (including phenoxy) is 1. The van der Waals surface area contributed by atoms with E-state index in [1.54, 1.807) is 0 Å². The van der Waals surface area contributed by atoms with Crippen LogP contribution in [-0.2, 0) is 31.4 Å². The van der Waals surface area contributed by atoms with Crippen LogP contribution in [0.2, 0.25) is 5.02 Å². The molecule has 9 nitrogen and oxygen atoms in total. The van der Waals surface area contributed by atoms with Crippen LogP contribution >= 0.6 is 11.6 Å². The van der Waals surface area contributed by atoms with Gasteiger partial charge in [0, 0.05) is 18.6 Å². The molecule has 0 saturated heterocycles. The van der Waals surface area contributed by atoms with Crippen LogP contribution < -0.4 is 15.2 Å². The zero-order chi connectivity index (χ0) is 21.8. The molecular weight excluding hydrogens is 442 g/mol. The Hall–Kier alpha value is -2.18. The van der Waals surface area contributed by atoms with E-state index >= 15 is 0 Å². The molecule has 1 amide bonds. The summed E-state index contributed by atoms with van der Waals surface area (Å²) in [5, 5.41) is 7.81.